The van der Waals surface area contributed by atoms with Gasteiger partial charge in [0, 0.05) is 11.1 Å². The molecule has 0 bridgehead atoms. The third kappa shape index (κ3) is 5.22. The van der Waals surface area contributed by atoms with E-state index in [2.05, 4.69) is 5.32 Å². The Morgan fingerprint density at radius 2 is 2.09 bits per heavy atom. The smallest absolute Gasteiger partial charge is 0.344 e. The Labute approximate surface area is 134 Å². The molecule has 0 aromatic heterocycles. The molecule has 22 heavy (non-hydrogen) atoms. The summed E-state index contributed by atoms with van der Waals surface area (Å²) in [5.41, 5.74) is 0.862. The molecule has 2 rings (SSSR count). The Morgan fingerprint density at radius 1 is 1.36 bits per heavy atom. The van der Waals surface area contributed by atoms with Gasteiger partial charge < -0.3 is 14.8 Å². The highest BCUT2D eigenvalue weighted by atomic mass is 35.5. The second kappa shape index (κ2) is 7.49. The van der Waals surface area contributed by atoms with Crippen molar-refractivity contribution in [1.29, 1.82) is 0 Å². The van der Waals surface area contributed by atoms with Gasteiger partial charge in [0.1, 0.15) is 5.75 Å². The molecule has 1 aliphatic carbocycles. The first kappa shape index (κ1) is 16.6. The lowest BCUT2D eigenvalue weighted by molar-refractivity contribution is -0.150. The van der Waals surface area contributed by atoms with Gasteiger partial charge in [-0.25, -0.2) is 4.79 Å². The molecule has 1 amide bonds. The standard InChI is InChI=1S/C16H20ClNO4/c1-10-7-13(5-6-14(10)17)21-9-16(20)22-8-15(19)18-11(2)12-3-4-12/h5-7,11-12H,3-4,8-9H2,1-2H3,(H,18,19)/t11-/m1/s1. The van der Waals surface area contributed by atoms with Crippen molar-refractivity contribution >= 4 is 23.5 Å². The van der Waals surface area contributed by atoms with Gasteiger partial charge in [0.05, 0.1) is 0 Å². The summed E-state index contributed by atoms with van der Waals surface area (Å²) in [7, 11) is 0. The SMILES string of the molecule is Cc1cc(OCC(=O)OCC(=O)N[C@H](C)C2CC2)ccc1Cl. The predicted molar refractivity (Wildman–Crippen MR) is 83.0 cm³/mol. The van der Waals surface area contributed by atoms with E-state index < -0.39 is 5.97 Å². The highest BCUT2D eigenvalue weighted by molar-refractivity contribution is 6.31. The third-order valence-electron chi connectivity index (χ3n) is 3.57. The molecule has 0 aliphatic heterocycles. The molecule has 1 aromatic rings. The van der Waals surface area contributed by atoms with Crippen LogP contribution in [0.2, 0.25) is 5.02 Å². The summed E-state index contributed by atoms with van der Waals surface area (Å²) in [4.78, 5) is 23.2. The minimum absolute atomic E-state index is 0.138. The van der Waals surface area contributed by atoms with Gasteiger partial charge in [-0.1, -0.05) is 11.6 Å². The van der Waals surface area contributed by atoms with Crippen molar-refractivity contribution in [3.05, 3.63) is 28.8 Å². The average molecular weight is 326 g/mol. The van der Waals surface area contributed by atoms with Gasteiger partial charge in [0.2, 0.25) is 0 Å². The summed E-state index contributed by atoms with van der Waals surface area (Å²) in [5.74, 6) is 0.235. The molecule has 1 N–H and O–H groups in total. The van der Waals surface area contributed by atoms with Gasteiger partial charge in [-0.15, -0.1) is 0 Å². The molecule has 1 aliphatic rings. The molecule has 5 nitrogen and oxygen atoms in total. The van der Waals surface area contributed by atoms with Crippen molar-refractivity contribution in [2.75, 3.05) is 13.2 Å². The van der Waals surface area contributed by atoms with Crippen LogP contribution < -0.4 is 10.1 Å². The van der Waals surface area contributed by atoms with Gasteiger partial charge in [-0.2, -0.15) is 0 Å². The van der Waals surface area contributed by atoms with E-state index in [0.717, 1.165) is 18.4 Å². The molecule has 1 fully saturated rings. The van der Waals surface area contributed by atoms with E-state index >= 15 is 0 Å². The number of benzene rings is 1. The van der Waals surface area contributed by atoms with Gasteiger partial charge in [-0.05, 0) is 56.4 Å². The number of hydrogen-bond donors (Lipinski definition) is 1. The Bertz CT molecular complexity index is 557. The van der Waals surface area contributed by atoms with E-state index in [1.807, 2.05) is 13.8 Å². The van der Waals surface area contributed by atoms with Crippen LogP contribution in [0.5, 0.6) is 5.75 Å². The largest absolute Gasteiger partial charge is 0.482 e. The van der Waals surface area contributed by atoms with Crippen LogP contribution in [-0.2, 0) is 14.3 Å². The molecule has 0 unspecified atom stereocenters. The number of halogens is 1. The Hall–Kier alpha value is -1.75. The number of hydrogen-bond acceptors (Lipinski definition) is 4. The van der Waals surface area contributed by atoms with Crippen molar-refractivity contribution in [2.45, 2.75) is 32.7 Å². The van der Waals surface area contributed by atoms with Crippen LogP contribution in [0.3, 0.4) is 0 Å². The van der Waals surface area contributed by atoms with Crippen molar-refractivity contribution in [1.82, 2.24) is 5.32 Å². The zero-order chi connectivity index (χ0) is 16.1. The van der Waals surface area contributed by atoms with Crippen molar-refractivity contribution in [2.24, 2.45) is 5.92 Å². The molecule has 0 radical (unpaired) electrons. The molecule has 1 saturated carbocycles. The van der Waals surface area contributed by atoms with E-state index in [0.29, 0.717) is 16.7 Å². The first-order chi connectivity index (χ1) is 10.5. The lowest BCUT2D eigenvalue weighted by Crippen LogP contribution is -2.37. The van der Waals surface area contributed by atoms with E-state index in [9.17, 15) is 9.59 Å². The molecule has 1 aromatic carbocycles. The van der Waals surface area contributed by atoms with Crippen LogP contribution in [0, 0.1) is 12.8 Å². The van der Waals surface area contributed by atoms with E-state index in [1.54, 1.807) is 18.2 Å². The second-order valence-electron chi connectivity index (χ2n) is 5.55. The fraction of sp³-hybridized carbons (Fsp3) is 0.500. The zero-order valence-electron chi connectivity index (χ0n) is 12.7. The monoisotopic (exact) mass is 325 g/mol. The predicted octanol–water partition coefficient (Wildman–Crippen LogP) is 2.49. The Kier molecular flexibility index (Phi) is 5.66. The average Bonchev–Trinajstić information content (AvgIpc) is 3.31. The summed E-state index contributed by atoms with van der Waals surface area (Å²) >= 11 is 5.90. The second-order valence-corrected chi connectivity index (χ2v) is 5.96. The number of esters is 1. The highest BCUT2D eigenvalue weighted by Crippen LogP contribution is 2.32. The topological polar surface area (TPSA) is 64.6 Å². The fourth-order valence-corrected chi connectivity index (χ4v) is 2.16. The van der Waals surface area contributed by atoms with Crippen LogP contribution in [0.4, 0.5) is 0 Å². The summed E-state index contributed by atoms with van der Waals surface area (Å²) in [5, 5.41) is 3.45. The van der Waals surface area contributed by atoms with Crippen LogP contribution in [0.15, 0.2) is 18.2 Å². The maximum Gasteiger partial charge on any atom is 0.344 e. The lowest BCUT2D eigenvalue weighted by Gasteiger charge is -2.13. The van der Waals surface area contributed by atoms with Crippen molar-refractivity contribution in [3.63, 3.8) is 0 Å². The van der Waals surface area contributed by atoms with Gasteiger partial charge in [-0.3, -0.25) is 4.79 Å². The molecule has 0 saturated heterocycles. The number of carbonyl (C=O) groups is 2. The van der Waals surface area contributed by atoms with Gasteiger partial charge in [0.15, 0.2) is 13.2 Å². The summed E-state index contributed by atoms with van der Waals surface area (Å²) in [6, 6.07) is 5.25. The molecule has 0 spiro atoms. The van der Waals surface area contributed by atoms with Crippen LogP contribution in [0.1, 0.15) is 25.3 Å². The molecule has 120 valence electrons. The quantitative estimate of drug-likeness (QED) is 0.782. The Morgan fingerprint density at radius 3 is 2.73 bits per heavy atom. The third-order valence-corrected chi connectivity index (χ3v) is 3.99. The minimum Gasteiger partial charge on any atom is -0.482 e. The number of ether oxygens (including phenoxy) is 2. The maximum absolute atomic E-state index is 11.6. The number of amides is 1. The fourth-order valence-electron chi connectivity index (χ4n) is 2.05. The van der Waals surface area contributed by atoms with Gasteiger partial charge in [0.25, 0.3) is 5.91 Å². The van der Waals surface area contributed by atoms with Crippen molar-refractivity contribution < 1.29 is 19.1 Å². The van der Waals surface area contributed by atoms with Crippen LogP contribution >= 0.6 is 11.6 Å². The zero-order valence-corrected chi connectivity index (χ0v) is 13.5. The molecule has 0 heterocycles. The summed E-state index contributed by atoms with van der Waals surface area (Å²) < 4.78 is 10.2. The lowest BCUT2D eigenvalue weighted by atomic mass is 10.2. The Balaban J connectivity index is 1.66. The molecular weight excluding hydrogens is 306 g/mol. The van der Waals surface area contributed by atoms with E-state index in [1.165, 1.54) is 0 Å². The summed E-state index contributed by atoms with van der Waals surface area (Å²) in [6.45, 7) is 3.29. The first-order valence-electron chi connectivity index (χ1n) is 7.29. The normalized spacial score (nSPS) is 15.0. The number of aryl methyl sites for hydroxylation is 1. The number of nitrogens with one attached hydrogen (secondary N) is 1. The maximum atomic E-state index is 11.6. The highest BCUT2D eigenvalue weighted by Gasteiger charge is 2.28. The summed E-state index contributed by atoms with van der Waals surface area (Å²) in [6.07, 6.45) is 2.30. The minimum atomic E-state index is -0.582. The molecule has 1 atom stereocenters. The molecular formula is C16H20ClNO4. The number of carbonyl (C=O) groups excluding carboxylic acids is 2. The van der Waals surface area contributed by atoms with Crippen LogP contribution in [-0.4, -0.2) is 31.1 Å². The van der Waals surface area contributed by atoms with E-state index in [4.69, 9.17) is 21.1 Å². The van der Waals surface area contributed by atoms with Crippen molar-refractivity contribution in [3.8, 4) is 5.75 Å². The van der Waals surface area contributed by atoms with Gasteiger partial charge >= 0.3 is 5.97 Å². The van der Waals surface area contributed by atoms with E-state index in [-0.39, 0.29) is 25.2 Å². The molecule has 6 heteroatoms. The first-order valence-corrected chi connectivity index (χ1v) is 7.67. The number of rotatable bonds is 7. The van der Waals surface area contributed by atoms with Crippen LogP contribution in [0.25, 0.3) is 0 Å².